The van der Waals surface area contributed by atoms with Crippen molar-refractivity contribution in [1.29, 1.82) is 0 Å². The Bertz CT molecular complexity index is 375. The Kier molecular flexibility index (Phi) is 3.44. The lowest BCUT2D eigenvalue weighted by Crippen LogP contribution is -1.92. The van der Waals surface area contributed by atoms with Crippen molar-refractivity contribution >= 4 is 5.97 Å². The molecule has 0 bridgehead atoms. The van der Waals surface area contributed by atoms with E-state index in [1.54, 1.807) is 0 Å². The molecule has 0 fully saturated rings. The molecule has 0 aliphatic rings. The normalized spacial score (nSPS) is 8.64. The van der Waals surface area contributed by atoms with Crippen LogP contribution in [0.25, 0.3) is 0 Å². The third-order valence-corrected chi connectivity index (χ3v) is 1.28. The Balaban J connectivity index is 2.66. The molecular formula is C9H8N2O3. The molecule has 1 rings (SSSR count). The quantitative estimate of drug-likeness (QED) is 0.683. The highest BCUT2D eigenvalue weighted by Crippen LogP contribution is 1.99. The van der Waals surface area contributed by atoms with Crippen molar-refractivity contribution in [3.8, 4) is 17.9 Å². The van der Waals surface area contributed by atoms with Crippen LogP contribution in [-0.4, -0.2) is 28.2 Å². The molecule has 0 unspecified atom stereocenters. The average Bonchev–Trinajstić information content (AvgIpc) is 2.18. The Labute approximate surface area is 80.8 Å². The van der Waals surface area contributed by atoms with Crippen LogP contribution >= 0.6 is 0 Å². The molecule has 1 aromatic heterocycles. The topological polar surface area (TPSA) is 72.3 Å². The summed E-state index contributed by atoms with van der Waals surface area (Å²) in [5.41, 5.74) is 0.562. The molecule has 0 aromatic carbocycles. The molecule has 0 radical (unpaired) electrons. The molecule has 0 aliphatic carbocycles. The van der Waals surface area contributed by atoms with E-state index in [1.807, 2.05) is 0 Å². The fraction of sp³-hybridized carbons (Fsp3) is 0.222. The fourth-order valence-electron chi connectivity index (χ4n) is 0.708. The van der Waals surface area contributed by atoms with Crippen LogP contribution in [0.1, 0.15) is 12.0 Å². The molecule has 0 atom stereocenters. The number of ether oxygens (including phenoxy) is 1. The van der Waals surface area contributed by atoms with Gasteiger partial charge in [0.05, 0.1) is 12.7 Å². The lowest BCUT2D eigenvalue weighted by Gasteiger charge is -1.94. The van der Waals surface area contributed by atoms with Crippen molar-refractivity contribution in [3.63, 3.8) is 0 Å². The summed E-state index contributed by atoms with van der Waals surface area (Å²) >= 11 is 0. The van der Waals surface area contributed by atoms with Crippen molar-refractivity contribution in [2.24, 2.45) is 0 Å². The average molecular weight is 192 g/mol. The van der Waals surface area contributed by atoms with E-state index in [-0.39, 0.29) is 12.4 Å². The standard InChI is InChI=1S/C9H8N2O3/c1-14-9-10-5-7(6-11-9)3-2-4-8(12)13/h5-6H,4H2,1H3,(H,12,13). The number of carboxylic acids is 1. The summed E-state index contributed by atoms with van der Waals surface area (Å²) in [6.07, 6.45) is 2.76. The third kappa shape index (κ3) is 3.11. The monoisotopic (exact) mass is 192 g/mol. The molecule has 1 heterocycles. The minimum Gasteiger partial charge on any atom is -0.481 e. The molecule has 5 nitrogen and oxygen atoms in total. The Morgan fingerprint density at radius 1 is 1.57 bits per heavy atom. The molecule has 0 aliphatic heterocycles. The van der Waals surface area contributed by atoms with Crippen molar-refractivity contribution in [2.75, 3.05) is 7.11 Å². The maximum absolute atomic E-state index is 10.1. The zero-order valence-corrected chi connectivity index (χ0v) is 7.52. The Hall–Kier alpha value is -2.09. The van der Waals surface area contributed by atoms with Gasteiger partial charge in [-0.2, -0.15) is 0 Å². The first-order valence-electron chi connectivity index (χ1n) is 3.79. The molecule has 0 saturated heterocycles. The van der Waals surface area contributed by atoms with Crippen LogP contribution in [0.2, 0.25) is 0 Å². The zero-order chi connectivity index (χ0) is 10.4. The molecule has 0 amide bonds. The SMILES string of the molecule is COc1ncc(C#CCC(=O)O)cn1. The van der Waals surface area contributed by atoms with E-state index in [4.69, 9.17) is 9.84 Å². The number of methoxy groups -OCH3 is 1. The molecular weight excluding hydrogens is 184 g/mol. The Morgan fingerprint density at radius 2 is 2.21 bits per heavy atom. The van der Waals surface area contributed by atoms with Crippen molar-refractivity contribution in [2.45, 2.75) is 6.42 Å². The summed E-state index contributed by atoms with van der Waals surface area (Å²) in [6.45, 7) is 0. The fourth-order valence-corrected chi connectivity index (χ4v) is 0.708. The largest absolute Gasteiger partial charge is 0.481 e. The molecule has 0 saturated carbocycles. The number of aromatic nitrogens is 2. The summed E-state index contributed by atoms with van der Waals surface area (Å²) in [4.78, 5) is 17.8. The number of hydrogen-bond acceptors (Lipinski definition) is 4. The summed E-state index contributed by atoms with van der Waals surface area (Å²) in [7, 11) is 1.46. The van der Waals surface area contributed by atoms with Crippen molar-refractivity contribution < 1.29 is 14.6 Å². The van der Waals surface area contributed by atoms with Crippen LogP contribution in [0.3, 0.4) is 0 Å². The molecule has 0 spiro atoms. The first-order valence-corrected chi connectivity index (χ1v) is 3.79. The van der Waals surface area contributed by atoms with E-state index < -0.39 is 5.97 Å². The van der Waals surface area contributed by atoms with Gasteiger partial charge in [-0.25, -0.2) is 9.97 Å². The van der Waals surface area contributed by atoms with E-state index in [1.165, 1.54) is 19.5 Å². The van der Waals surface area contributed by atoms with Gasteiger partial charge in [-0.05, 0) is 0 Å². The molecule has 1 N–H and O–H groups in total. The lowest BCUT2D eigenvalue weighted by molar-refractivity contribution is -0.135. The maximum atomic E-state index is 10.1. The summed E-state index contributed by atoms with van der Waals surface area (Å²) < 4.78 is 4.75. The number of carboxylic acid groups (broad SMARTS) is 1. The van der Waals surface area contributed by atoms with Gasteiger partial charge in [0.1, 0.15) is 6.42 Å². The molecule has 1 aromatic rings. The summed E-state index contributed by atoms with van der Waals surface area (Å²) in [6, 6.07) is 0.258. The van der Waals surface area contributed by atoms with Gasteiger partial charge in [-0.3, -0.25) is 4.79 Å². The second-order valence-electron chi connectivity index (χ2n) is 2.33. The molecule has 72 valence electrons. The van der Waals surface area contributed by atoms with Gasteiger partial charge in [-0.15, -0.1) is 0 Å². The molecule has 14 heavy (non-hydrogen) atoms. The number of hydrogen-bond donors (Lipinski definition) is 1. The first-order chi connectivity index (χ1) is 6.72. The highest BCUT2D eigenvalue weighted by atomic mass is 16.5. The van der Waals surface area contributed by atoms with E-state index in [2.05, 4.69) is 21.8 Å². The van der Waals surface area contributed by atoms with Crippen LogP contribution in [0.5, 0.6) is 6.01 Å². The van der Waals surface area contributed by atoms with Crippen LogP contribution in [-0.2, 0) is 4.79 Å². The summed E-state index contributed by atoms with van der Waals surface area (Å²) in [5.74, 6) is 4.13. The van der Waals surface area contributed by atoms with E-state index in [0.717, 1.165) is 0 Å². The number of carbonyl (C=O) groups is 1. The number of aliphatic carboxylic acids is 1. The van der Waals surface area contributed by atoms with Gasteiger partial charge in [0, 0.05) is 12.4 Å². The number of nitrogens with zero attached hydrogens (tertiary/aromatic N) is 2. The van der Waals surface area contributed by atoms with Crippen molar-refractivity contribution in [3.05, 3.63) is 18.0 Å². The van der Waals surface area contributed by atoms with Gasteiger partial charge in [0.2, 0.25) is 0 Å². The second-order valence-corrected chi connectivity index (χ2v) is 2.33. The van der Waals surface area contributed by atoms with Crippen LogP contribution in [0, 0.1) is 11.8 Å². The number of rotatable bonds is 2. The summed E-state index contributed by atoms with van der Waals surface area (Å²) in [5, 5.41) is 8.32. The van der Waals surface area contributed by atoms with Gasteiger partial charge in [0.15, 0.2) is 0 Å². The predicted octanol–water partition coefficient (Wildman–Crippen LogP) is 0.311. The Morgan fingerprint density at radius 3 is 2.71 bits per heavy atom. The third-order valence-electron chi connectivity index (χ3n) is 1.28. The van der Waals surface area contributed by atoms with E-state index in [0.29, 0.717) is 5.56 Å². The smallest absolute Gasteiger partial charge is 0.316 e. The lowest BCUT2D eigenvalue weighted by atomic mass is 10.3. The van der Waals surface area contributed by atoms with Gasteiger partial charge < -0.3 is 9.84 Å². The van der Waals surface area contributed by atoms with Gasteiger partial charge in [0.25, 0.3) is 0 Å². The highest BCUT2D eigenvalue weighted by molar-refractivity contribution is 5.70. The first kappa shape index (κ1) is 9.99. The van der Waals surface area contributed by atoms with Gasteiger partial charge in [-0.1, -0.05) is 11.8 Å². The van der Waals surface area contributed by atoms with Crippen LogP contribution < -0.4 is 4.74 Å². The maximum Gasteiger partial charge on any atom is 0.316 e. The van der Waals surface area contributed by atoms with Crippen LogP contribution in [0.4, 0.5) is 0 Å². The highest BCUT2D eigenvalue weighted by Gasteiger charge is 1.93. The predicted molar refractivity (Wildman–Crippen MR) is 47.7 cm³/mol. The minimum absolute atomic E-state index is 0.188. The second kappa shape index (κ2) is 4.82. The zero-order valence-electron chi connectivity index (χ0n) is 7.52. The molecule has 5 heteroatoms. The van der Waals surface area contributed by atoms with Gasteiger partial charge >= 0.3 is 12.0 Å². The van der Waals surface area contributed by atoms with Crippen molar-refractivity contribution in [1.82, 2.24) is 9.97 Å². The van der Waals surface area contributed by atoms with E-state index >= 15 is 0 Å². The minimum atomic E-state index is -0.952. The van der Waals surface area contributed by atoms with Crippen LogP contribution in [0.15, 0.2) is 12.4 Å². The van der Waals surface area contributed by atoms with E-state index in [9.17, 15) is 4.79 Å².